The first-order valence-corrected chi connectivity index (χ1v) is 14.8. The number of carbonyl (C=O) groups is 6. The Hall–Kier alpha value is -4.62. The molecule has 0 spiro atoms. The smallest absolute Gasteiger partial charge is 0.268 e. The van der Waals surface area contributed by atoms with Crippen molar-refractivity contribution in [2.45, 2.75) is 62.7 Å². The van der Waals surface area contributed by atoms with Gasteiger partial charge in [-0.05, 0) is 49.9 Å². The lowest BCUT2D eigenvalue weighted by Crippen LogP contribution is -2.54. The van der Waals surface area contributed by atoms with Gasteiger partial charge in [-0.1, -0.05) is 12.8 Å². The molecular weight excluding hydrogens is 572 g/mol. The molecule has 236 valence electrons. The maximum atomic E-state index is 13.9. The van der Waals surface area contributed by atoms with Crippen molar-refractivity contribution in [3.8, 4) is 0 Å². The van der Waals surface area contributed by atoms with E-state index in [4.69, 9.17) is 0 Å². The molecule has 1 aliphatic carbocycles. The SMILES string of the molecule is Cn1cccc1C(=O)N[C@H]1C[C@@H](C(=O)[O-])N(C(=O)[C@@H]2CCCC[C@H]2C(=O)N2C[C@@H](NC(=O)c3cccn3C)C[C@H]2C(=O)[O-])C1. The van der Waals surface area contributed by atoms with Crippen molar-refractivity contribution in [2.75, 3.05) is 13.1 Å². The first-order valence-electron chi connectivity index (χ1n) is 14.8. The van der Waals surface area contributed by atoms with Gasteiger partial charge < -0.3 is 49.4 Å². The van der Waals surface area contributed by atoms with E-state index in [1.165, 1.54) is 9.80 Å². The van der Waals surface area contributed by atoms with Crippen molar-refractivity contribution in [1.29, 1.82) is 0 Å². The maximum Gasteiger partial charge on any atom is 0.268 e. The number of aromatic nitrogens is 2. The highest BCUT2D eigenvalue weighted by Crippen LogP contribution is 2.36. The largest absolute Gasteiger partial charge is 0.548 e. The van der Waals surface area contributed by atoms with Gasteiger partial charge in [-0.15, -0.1) is 0 Å². The number of hydrogen-bond acceptors (Lipinski definition) is 8. The van der Waals surface area contributed by atoms with E-state index in [2.05, 4.69) is 10.6 Å². The van der Waals surface area contributed by atoms with Gasteiger partial charge in [0.2, 0.25) is 11.8 Å². The lowest BCUT2D eigenvalue weighted by atomic mass is 9.77. The first-order chi connectivity index (χ1) is 21.0. The number of aryl methyl sites for hydroxylation is 2. The molecule has 2 aliphatic heterocycles. The summed E-state index contributed by atoms with van der Waals surface area (Å²) in [5.74, 6) is -6.55. The van der Waals surface area contributed by atoms with Crippen LogP contribution in [0.4, 0.5) is 0 Å². The second kappa shape index (κ2) is 12.5. The Morgan fingerprint density at radius 1 is 0.682 bits per heavy atom. The number of carbonyl (C=O) groups excluding carboxylic acids is 6. The fourth-order valence-electron chi connectivity index (χ4n) is 6.88. The van der Waals surface area contributed by atoms with Crippen LogP contribution in [0.2, 0.25) is 0 Å². The molecule has 5 rings (SSSR count). The predicted octanol–water partition coefficient (Wildman–Crippen LogP) is -2.23. The van der Waals surface area contributed by atoms with Gasteiger partial charge in [-0.25, -0.2) is 0 Å². The summed E-state index contributed by atoms with van der Waals surface area (Å²) in [6, 6.07) is 2.78. The molecule has 3 fully saturated rings. The van der Waals surface area contributed by atoms with Crippen molar-refractivity contribution in [3.05, 3.63) is 48.0 Å². The van der Waals surface area contributed by atoms with Crippen LogP contribution in [0.15, 0.2) is 36.7 Å². The van der Waals surface area contributed by atoms with E-state index in [1.54, 1.807) is 59.9 Å². The molecule has 2 saturated heterocycles. The number of rotatable bonds is 8. The van der Waals surface area contributed by atoms with Crippen LogP contribution in [0.3, 0.4) is 0 Å². The molecule has 14 nitrogen and oxygen atoms in total. The van der Waals surface area contributed by atoms with Crippen LogP contribution in [0, 0.1) is 11.8 Å². The third-order valence-corrected chi connectivity index (χ3v) is 9.14. The van der Waals surface area contributed by atoms with E-state index in [1.807, 2.05) is 0 Å². The van der Waals surface area contributed by atoms with Crippen molar-refractivity contribution in [1.82, 2.24) is 29.6 Å². The van der Waals surface area contributed by atoms with Gasteiger partial charge in [-0.3, -0.25) is 19.2 Å². The van der Waals surface area contributed by atoms with Crippen molar-refractivity contribution in [2.24, 2.45) is 25.9 Å². The molecule has 3 aliphatic rings. The van der Waals surface area contributed by atoms with E-state index >= 15 is 0 Å². The highest BCUT2D eigenvalue weighted by atomic mass is 16.4. The summed E-state index contributed by atoms with van der Waals surface area (Å²) in [4.78, 5) is 79.8. The summed E-state index contributed by atoms with van der Waals surface area (Å²) < 4.78 is 3.25. The van der Waals surface area contributed by atoms with Gasteiger partial charge in [0.1, 0.15) is 11.4 Å². The molecule has 0 unspecified atom stereocenters. The number of nitrogens with zero attached hydrogens (tertiary/aromatic N) is 4. The lowest BCUT2D eigenvalue weighted by molar-refractivity contribution is -0.312. The zero-order valence-electron chi connectivity index (χ0n) is 24.6. The molecule has 14 heteroatoms. The number of carboxylic acids is 2. The van der Waals surface area contributed by atoms with Crippen LogP contribution in [0.1, 0.15) is 59.5 Å². The van der Waals surface area contributed by atoms with Crippen molar-refractivity contribution in [3.63, 3.8) is 0 Å². The van der Waals surface area contributed by atoms with Gasteiger partial charge in [-0.2, -0.15) is 0 Å². The second-order valence-electron chi connectivity index (χ2n) is 12.0. The average molecular weight is 609 g/mol. The fraction of sp³-hybridized carbons (Fsp3) is 0.533. The van der Waals surface area contributed by atoms with Gasteiger partial charge in [0.05, 0.1) is 24.0 Å². The normalized spacial score (nSPS) is 26.8. The number of aliphatic carboxylic acids is 2. The molecule has 0 radical (unpaired) electrons. The topological polar surface area (TPSA) is 189 Å². The lowest BCUT2D eigenvalue weighted by Gasteiger charge is -2.37. The van der Waals surface area contributed by atoms with Crippen LogP contribution >= 0.6 is 0 Å². The standard InChI is InChI=1S/C30H38N6O8/c1-33-11-5-9-21(33)25(37)31-17-13-23(29(41)42)35(15-17)27(39)19-7-3-4-8-20(19)28(40)36-16-18(14-24(36)30(43)44)32-26(38)22-10-6-12-34(22)2/h5-6,9-12,17-20,23-24H,3-4,7-8,13-16H2,1-2H3,(H,31,37)(H,32,38)(H,41,42)(H,43,44)/p-2/t17-,18-,19+,20+,23-,24-/m0/s1. The maximum absolute atomic E-state index is 13.9. The molecular formula is C30H36N6O8-2. The van der Waals surface area contributed by atoms with Crippen LogP contribution in [0.5, 0.6) is 0 Å². The monoisotopic (exact) mass is 608 g/mol. The first kappa shape index (κ1) is 30.8. The second-order valence-corrected chi connectivity index (χ2v) is 12.0. The number of hydrogen-bond donors (Lipinski definition) is 2. The van der Waals surface area contributed by atoms with Gasteiger partial charge in [0, 0.05) is 63.5 Å². The number of likely N-dealkylation sites (tertiary alicyclic amines) is 2. The van der Waals surface area contributed by atoms with Gasteiger partial charge in [0.25, 0.3) is 11.8 Å². The minimum Gasteiger partial charge on any atom is -0.548 e. The molecule has 2 N–H and O–H groups in total. The molecule has 44 heavy (non-hydrogen) atoms. The summed E-state index contributed by atoms with van der Waals surface area (Å²) in [7, 11) is 3.41. The third-order valence-electron chi connectivity index (χ3n) is 9.14. The summed E-state index contributed by atoms with van der Waals surface area (Å²) in [5, 5.41) is 29.8. The van der Waals surface area contributed by atoms with E-state index in [0.717, 1.165) is 0 Å². The van der Waals surface area contributed by atoms with Crippen LogP contribution in [-0.4, -0.2) is 91.8 Å². The van der Waals surface area contributed by atoms with E-state index < -0.39 is 71.6 Å². The number of nitrogens with one attached hydrogen (secondary N) is 2. The van der Waals surface area contributed by atoms with E-state index in [9.17, 15) is 39.0 Å². The van der Waals surface area contributed by atoms with Gasteiger partial charge >= 0.3 is 0 Å². The van der Waals surface area contributed by atoms with Gasteiger partial charge in [0.15, 0.2) is 0 Å². The minimum absolute atomic E-state index is 0.0447. The van der Waals surface area contributed by atoms with Crippen molar-refractivity contribution < 1.29 is 39.0 Å². The molecule has 2 aromatic rings. The summed E-state index contributed by atoms with van der Waals surface area (Å²) in [6.07, 6.45) is 5.23. The minimum atomic E-state index is -1.46. The van der Waals surface area contributed by atoms with E-state index in [-0.39, 0.29) is 25.9 Å². The highest BCUT2D eigenvalue weighted by molar-refractivity contribution is 5.95. The molecule has 0 aromatic carbocycles. The Morgan fingerprint density at radius 3 is 1.39 bits per heavy atom. The zero-order valence-corrected chi connectivity index (χ0v) is 24.6. The zero-order chi connectivity index (χ0) is 31.7. The Balaban J connectivity index is 1.30. The molecule has 0 bridgehead atoms. The Morgan fingerprint density at radius 2 is 1.07 bits per heavy atom. The third kappa shape index (κ3) is 6.06. The average Bonchev–Trinajstić information content (AvgIpc) is 3.79. The van der Waals surface area contributed by atoms with Crippen LogP contribution in [0.25, 0.3) is 0 Å². The Kier molecular flexibility index (Phi) is 8.79. The van der Waals surface area contributed by atoms with E-state index in [0.29, 0.717) is 37.1 Å². The molecule has 1 saturated carbocycles. The molecule has 2 aromatic heterocycles. The quantitative estimate of drug-likeness (QED) is 0.337. The summed E-state index contributed by atoms with van der Waals surface area (Å²) in [5.41, 5.74) is 0.757. The van der Waals surface area contributed by atoms with Crippen LogP contribution < -0.4 is 20.8 Å². The van der Waals surface area contributed by atoms with Crippen molar-refractivity contribution >= 4 is 35.6 Å². The fourth-order valence-corrected chi connectivity index (χ4v) is 6.88. The predicted molar refractivity (Wildman–Crippen MR) is 149 cm³/mol. The molecule has 4 heterocycles. The Bertz CT molecular complexity index is 1360. The highest BCUT2D eigenvalue weighted by Gasteiger charge is 2.47. The molecule has 6 atom stereocenters. The Labute approximate surface area is 254 Å². The summed E-state index contributed by atoms with van der Waals surface area (Å²) in [6.45, 7) is -0.132. The van der Waals surface area contributed by atoms with Crippen LogP contribution in [-0.2, 0) is 33.3 Å². The number of amides is 4. The number of carboxylic acid groups (broad SMARTS) is 2. The molecule has 4 amide bonds. The summed E-state index contributed by atoms with van der Waals surface area (Å²) >= 11 is 0.